The Hall–Kier alpha value is -1.52. The van der Waals surface area contributed by atoms with Crippen LogP contribution in [0.1, 0.15) is 303 Å². The van der Waals surface area contributed by atoms with Gasteiger partial charge >= 0.3 is 25.7 Å². The fourth-order valence-corrected chi connectivity index (χ4v) is 9.44. The number of carboxylic acid groups (broad SMARTS) is 1. The summed E-state index contributed by atoms with van der Waals surface area (Å²) in [4.78, 5) is 46.3. The van der Waals surface area contributed by atoms with Crippen LogP contribution < -0.4 is 5.73 Å². The van der Waals surface area contributed by atoms with E-state index >= 15 is 0 Å². The van der Waals surface area contributed by atoms with E-state index in [0.717, 1.165) is 38.5 Å². The second kappa shape index (κ2) is 50.9. The van der Waals surface area contributed by atoms with Crippen molar-refractivity contribution in [3.8, 4) is 0 Å². The minimum absolute atomic E-state index is 0.170. The van der Waals surface area contributed by atoms with Crippen molar-refractivity contribution >= 4 is 25.7 Å². The molecule has 0 fully saturated rings. The molecule has 11 nitrogen and oxygen atoms in total. The highest BCUT2D eigenvalue weighted by atomic mass is 31.2. The molecule has 0 spiro atoms. The first kappa shape index (κ1) is 65.5. The molecule has 3 unspecified atom stereocenters. The summed E-state index contributed by atoms with van der Waals surface area (Å²) in [5.41, 5.74) is 5.37. The number of esters is 2. The van der Waals surface area contributed by atoms with Crippen LogP contribution in [-0.2, 0) is 37.5 Å². The highest BCUT2D eigenvalue weighted by Crippen LogP contribution is 2.43. The Balaban J connectivity index is 4.12. The maximum absolute atomic E-state index is 12.7. The molecule has 398 valence electrons. The van der Waals surface area contributed by atoms with Crippen LogP contribution in [-0.4, -0.2) is 59.9 Å². The van der Waals surface area contributed by atoms with Gasteiger partial charge in [0.2, 0.25) is 0 Å². The van der Waals surface area contributed by atoms with Gasteiger partial charge in [-0.1, -0.05) is 277 Å². The Morgan fingerprint density at radius 3 is 0.940 bits per heavy atom. The molecule has 0 aromatic heterocycles. The summed E-state index contributed by atoms with van der Waals surface area (Å²) in [5, 5.41) is 8.94. The van der Waals surface area contributed by atoms with Gasteiger partial charge in [0.25, 0.3) is 0 Å². The minimum Gasteiger partial charge on any atom is -0.480 e. The van der Waals surface area contributed by atoms with Gasteiger partial charge in [-0.3, -0.25) is 23.4 Å². The third-order valence-electron chi connectivity index (χ3n) is 13.1. The van der Waals surface area contributed by atoms with Crippen molar-refractivity contribution in [1.29, 1.82) is 0 Å². The van der Waals surface area contributed by atoms with Crippen molar-refractivity contribution < 1.29 is 47.5 Å². The van der Waals surface area contributed by atoms with Crippen molar-refractivity contribution in [1.82, 2.24) is 0 Å². The van der Waals surface area contributed by atoms with Crippen LogP contribution in [0, 0.1) is 0 Å². The fraction of sp³-hybridized carbons (Fsp3) is 0.945. The average molecular weight is 974 g/mol. The summed E-state index contributed by atoms with van der Waals surface area (Å²) in [6, 6.07) is -1.52. The molecule has 0 aliphatic carbocycles. The highest BCUT2D eigenvalue weighted by Gasteiger charge is 2.28. The van der Waals surface area contributed by atoms with Crippen LogP contribution in [0.5, 0.6) is 0 Å². The lowest BCUT2D eigenvalue weighted by Crippen LogP contribution is -2.34. The van der Waals surface area contributed by atoms with Gasteiger partial charge in [0.15, 0.2) is 6.10 Å². The number of aliphatic carboxylic acids is 1. The van der Waals surface area contributed by atoms with E-state index in [9.17, 15) is 23.8 Å². The van der Waals surface area contributed by atoms with Crippen LogP contribution in [0.3, 0.4) is 0 Å². The molecule has 4 N–H and O–H groups in total. The summed E-state index contributed by atoms with van der Waals surface area (Å²) in [7, 11) is -4.72. The van der Waals surface area contributed by atoms with Gasteiger partial charge in [-0.15, -0.1) is 0 Å². The summed E-state index contributed by atoms with van der Waals surface area (Å²) in [6.45, 7) is 2.89. The van der Waals surface area contributed by atoms with Gasteiger partial charge in [-0.25, -0.2) is 4.57 Å². The van der Waals surface area contributed by atoms with Crippen molar-refractivity contribution in [3.05, 3.63) is 0 Å². The smallest absolute Gasteiger partial charge is 0.472 e. The van der Waals surface area contributed by atoms with E-state index in [1.54, 1.807) is 0 Å². The predicted molar refractivity (Wildman–Crippen MR) is 277 cm³/mol. The number of carboxylic acids is 1. The molecule has 0 aromatic carbocycles. The standard InChI is InChI=1S/C55H108NO10P/c1-3-5-7-9-11-13-15-17-19-21-23-25-27-29-31-33-35-37-39-41-43-45-47-54(58)66-51(49-64-67(61,62)65-50-52(56)55(59)60)48-63-53(57)46-44-42-40-38-36-34-32-30-28-26-24-22-20-18-16-14-12-10-8-6-4-2/h51-52H,3-50,56H2,1-2H3,(H,59,60)(H,61,62). The van der Waals surface area contributed by atoms with Crippen LogP contribution in [0.2, 0.25) is 0 Å². The van der Waals surface area contributed by atoms with Gasteiger partial charge in [0.05, 0.1) is 13.2 Å². The molecular formula is C55H108NO10P. The molecular weight excluding hydrogens is 866 g/mol. The van der Waals surface area contributed by atoms with Crippen LogP contribution >= 0.6 is 7.82 Å². The number of unbranched alkanes of at least 4 members (excludes halogenated alkanes) is 41. The quantitative estimate of drug-likeness (QED) is 0.0301. The fourth-order valence-electron chi connectivity index (χ4n) is 8.66. The zero-order valence-electron chi connectivity index (χ0n) is 43.8. The maximum atomic E-state index is 12.7. The molecule has 3 atom stereocenters. The zero-order chi connectivity index (χ0) is 49.2. The summed E-state index contributed by atoms with van der Waals surface area (Å²) >= 11 is 0. The number of nitrogens with two attached hydrogens (primary N) is 1. The normalized spacial score (nSPS) is 13.4. The lowest BCUT2D eigenvalue weighted by Gasteiger charge is -2.20. The first-order valence-corrected chi connectivity index (χ1v) is 30.1. The summed E-state index contributed by atoms with van der Waals surface area (Å²) in [5.74, 6) is -2.34. The van der Waals surface area contributed by atoms with Gasteiger partial charge < -0.3 is 25.2 Å². The number of carbonyl (C=O) groups is 3. The molecule has 0 saturated carbocycles. The Labute approximate surface area is 412 Å². The Kier molecular flexibility index (Phi) is 49.7. The van der Waals surface area contributed by atoms with Crippen molar-refractivity contribution in [2.75, 3.05) is 19.8 Å². The first-order chi connectivity index (χ1) is 32.6. The number of carbonyl (C=O) groups excluding carboxylic acids is 2. The van der Waals surface area contributed by atoms with Crippen LogP contribution in [0.4, 0.5) is 0 Å². The number of ether oxygens (including phenoxy) is 2. The summed E-state index contributed by atoms with van der Waals surface area (Å²) < 4.78 is 33.0. The largest absolute Gasteiger partial charge is 0.480 e. The topological polar surface area (TPSA) is 172 Å². The van der Waals surface area contributed by atoms with E-state index in [-0.39, 0.29) is 19.4 Å². The van der Waals surface area contributed by atoms with E-state index in [1.807, 2.05) is 0 Å². The molecule has 0 aromatic rings. The molecule has 0 amide bonds. The zero-order valence-corrected chi connectivity index (χ0v) is 44.7. The average Bonchev–Trinajstić information content (AvgIpc) is 3.31. The molecule has 0 radical (unpaired) electrons. The monoisotopic (exact) mass is 974 g/mol. The lowest BCUT2D eigenvalue weighted by molar-refractivity contribution is -0.161. The summed E-state index contributed by atoms with van der Waals surface area (Å²) in [6.07, 6.45) is 54.6. The van der Waals surface area contributed by atoms with Gasteiger partial charge in [-0.2, -0.15) is 0 Å². The van der Waals surface area contributed by atoms with Gasteiger partial charge in [0.1, 0.15) is 12.6 Å². The third kappa shape index (κ3) is 50.7. The number of phosphoric acid groups is 1. The highest BCUT2D eigenvalue weighted by molar-refractivity contribution is 7.47. The minimum atomic E-state index is -4.72. The Morgan fingerprint density at radius 1 is 0.403 bits per heavy atom. The van der Waals surface area contributed by atoms with E-state index in [0.29, 0.717) is 12.8 Å². The number of rotatable bonds is 55. The second-order valence-corrected chi connectivity index (χ2v) is 21.2. The number of phosphoric ester groups is 1. The molecule has 0 aliphatic rings. The SMILES string of the molecule is CCCCCCCCCCCCCCCCCCCCCCCCC(=O)OC(COC(=O)CCCCCCCCCCCCCCCCCCCCCCC)COP(=O)(O)OCC(N)C(=O)O. The first-order valence-electron chi connectivity index (χ1n) is 28.6. The predicted octanol–water partition coefficient (Wildman–Crippen LogP) is 16.6. The van der Waals surface area contributed by atoms with Crippen molar-refractivity contribution in [2.45, 2.75) is 315 Å². The molecule has 0 saturated heterocycles. The molecule has 67 heavy (non-hydrogen) atoms. The molecule has 0 bridgehead atoms. The van der Waals surface area contributed by atoms with Gasteiger partial charge in [-0.05, 0) is 12.8 Å². The Bertz CT molecular complexity index is 1140. The van der Waals surface area contributed by atoms with Crippen molar-refractivity contribution in [2.24, 2.45) is 5.73 Å². The molecule has 0 rings (SSSR count). The second-order valence-electron chi connectivity index (χ2n) is 19.8. The van der Waals surface area contributed by atoms with Crippen LogP contribution in [0.25, 0.3) is 0 Å². The Morgan fingerprint density at radius 2 is 0.657 bits per heavy atom. The molecule has 12 heteroatoms. The molecule has 0 heterocycles. The van der Waals surface area contributed by atoms with Crippen LogP contribution in [0.15, 0.2) is 0 Å². The van der Waals surface area contributed by atoms with E-state index < -0.39 is 51.1 Å². The van der Waals surface area contributed by atoms with Gasteiger partial charge in [0, 0.05) is 12.8 Å². The van der Waals surface area contributed by atoms with E-state index in [4.69, 9.17) is 29.4 Å². The number of hydrogen-bond acceptors (Lipinski definition) is 9. The van der Waals surface area contributed by atoms with Crippen molar-refractivity contribution in [3.63, 3.8) is 0 Å². The maximum Gasteiger partial charge on any atom is 0.472 e. The van der Waals surface area contributed by atoms with E-state index in [2.05, 4.69) is 13.8 Å². The van der Waals surface area contributed by atoms with E-state index in [1.165, 1.54) is 225 Å². The molecule has 0 aliphatic heterocycles. The third-order valence-corrected chi connectivity index (χ3v) is 14.1. The lowest BCUT2D eigenvalue weighted by atomic mass is 10.0. The number of hydrogen-bond donors (Lipinski definition) is 3.